The molecule has 40 heavy (non-hydrogen) atoms. The zero-order chi connectivity index (χ0) is 28.1. The van der Waals surface area contributed by atoms with E-state index in [1.165, 1.54) is 35.2 Å². The second kappa shape index (κ2) is 11.8. The smallest absolute Gasteiger partial charge is 0.410 e. The Bertz CT molecular complexity index is 1540. The van der Waals surface area contributed by atoms with Gasteiger partial charge in [0.05, 0.1) is 23.8 Å². The predicted molar refractivity (Wildman–Crippen MR) is 149 cm³/mol. The van der Waals surface area contributed by atoms with Crippen molar-refractivity contribution >= 4 is 29.3 Å². The molecule has 1 heterocycles. The summed E-state index contributed by atoms with van der Waals surface area (Å²) in [5.41, 5.74) is 9.03. The van der Waals surface area contributed by atoms with Crippen LogP contribution in [0.1, 0.15) is 39.5 Å². The Hall–Kier alpha value is -5.02. The quantitative estimate of drug-likeness (QED) is 0.308. The van der Waals surface area contributed by atoms with E-state index in [-0.39, 0.29) is 30.5 Å². The van der Waals surface area contributed by atoms with Crippen LogP contribution in [0.25, 0.3) is 0 Å². The Morgan fingerprint density at radius 1 is 0.950 bits per heavy atom. The van der Waals surface area contributed by atoms with Gasteiger partial charge in [0.25, 0.3) is 5.91 Å². The minimum Gasteiger partial charge on any atom is -0.410 e. The summed E-state index contributed by atoms with van der Waals surface area (Å²) in [6.07, 6.45) is -0.835. The molecule has 3 amide bonds. The van der Waals surface area contributed by atoms with Crippen molar-refractivity contribution < 1.29 is 23.5 Å². The van der Waals surface area contributed by atoms with Gasteiger partial charge in [0.2, 0.25) is 5.91 Å². The van der Waals surface area contributed by atoms with Gasteiger partial charge in [-0.2, -0.15) is 0 Å². The van der Waals surface area contributed by atoms with E-state index < -0.39 is 18.0 Å². The van der Waals surface area contributed by atoms with Crippen LogP contribution in [0.3, 0.4) is 0 Å². The molecule has 5 rings (SSSR count). The third kappa shape index (κ3) is 6.00. The largest absolute Gasteiger partial charge is 0.420 e. The van der Waals surface area contributed by atoms with Crippen LogP contribution in [0.15, 0.2) is 97.1 Å². The minimum absolute atomic E-state index is 0.108. The van der Waals surface area contributed by atoms with Gasteiger partial charge in [0, 0.05) is 18.7 Å². The van der Waals surface area contributed by atoms with E-state index in [1.807, 2.05) is 24.3 Å². The summed E-state index contributed by atoms with van der Waals surface area (Å²) in [4.78, 5) is 40.9. The fourth-order valence-corrected chi connectivity index (χ4v) is 4.59. The van der Waals surface area contributed by atoms with Crippen molar-refractivity contribution in [1.29, 1.82) is 0 Å². The number of nitrogens with one attached hydrogen (secondary N) is 2. The van der Waals surface area contributed by atoms with Gasteiger partial charge in [-0.05, 0) is 59.2 Å². The molecule has 1 atom stereocenters. The van der Waals surface area contributed by atoms with Crippen molar-refractivity contribution in [3.63, 3.8) is 0 Å². The van der Waals surface area contributed by atoms with Crippen LogP contribution in [-0.4, -0.2) is 17.9 Å². The molecule has 202 valence electrons. The maximum absolute atomic E-state index is 13.7. The number of hydrogen-bond donors (Lipinski definition) is 3. The van der Waals surface area contributed by atoms with E-state index in [4.69, 9.17) is 10.5 Å². The topological polar surface area (TPSA) is 114 Å². The molecule has 0 radical (unpaired) electrons. The van der Waals surface area contributed by atoms with E-state index >= 15 is 0 Å². The summed E-state index contributed by atoms with van der Waals surface area (Å²) < 4.78 is 19.3. The number of para-hydroxylation sites is 1. The lowest BCUT2D eigenvalue weighted by atomic mass is 10.0. The maximum atomic E-state index is 13.7. The van der Waals surface area contributed by atoms with Gasteiger partial charge in [0.15, 0.2) is 0 Å². The Kier molecular flexibility index (Phi) is 7.84. The number of hydrogen-bond acceptors (Lipinski definition) is 5. The van der Waals surface area contributed by atoms with Gasteiger partial charge < -0.3 is 21.1 Å². The van der Waals surface area contributed by atoms with E-state index in [0.29, 0.717) is 29.1 Å². The van der Waals surface area contributed by atoms with E-state index in [1.54, 1.807) is 42.5 Å². The molecular weight excluding hydrogens is 511 g/mol. The minimum atomic E-state index is -0.785. The normalized spacial score (nSPS) is 14.5. The van der Waals surface area contributed by atoms with Gasteiger partial charge in [-0.15, -0.1) is 0 Å². The van der Waals surface area contributed by atoms with Crippen LogP contribution in [-0.2, 0) is 17.9 Å². The molecular formula is C31H27FN4O4. The number of nitrogens with zero attached hydrogens (tertiary/aromatic N) is 1. The molecule has 0 saturated carbocycles. The average molecular weight is 539 g/mol. The number of benzene rings is 4. The molecule has 9 heteroatoms. The number of ether oxygens (including phenoxy) is 1. The average Bonchev–Trinajstić information content (AvgIpc) is 3.12. The van der Waals surface area contributed by atoms with Gasteiger partial charge in [-0.3, -0.25) is 14.5 Å². The van der Waals surface area contributed by atoms with E-state index in [9.17, 15) is 18.8 Å². The Balaban J connectivity index is 1.47. The second-order valence-corrected chi connectivity index (χ2v) is 9.31. The van der Waals surface area contributed by atoms with Gasteiger partial charge in [-0.1, -0.05) is 54.6 Å². The van der Waals surface area contributed by atoms with E-state index in [2.05, 4.69) is 10.6 Å². The van der Waals surface area contributed by atoms with Crippen LogP contribution >= 0.6 is 0 Å². The van der Waals surface area contributed by atoms with Crippen molar-refractivity contribution in [1.82, 2.24) is 5.32 Å². The molecule has 4 aromatic rings. The molecule has 0 saturated heterocycles. The van der Waals surface area contributed by atoms with Crippen LogP contribution < -0.4 is 26.0 Å². The SMILES string of the molecule is NCc1cccc(CNC(=O)c2ccc3c(c2)NC(=O)CC(c2ccc(F)cc2)N3C(=O)Oc2ccccc2)c1. The summed E-state index contributed by atoms with van der Waals surface area (Å²) in [5, 5.41) is 5.68. The van der Waals surface area contributed by atoms with Gasteiger partial charge in [-0.25, -0.2) is 9.18 Å². The van der Waals surface area contributed by atoms with Crippen molar-refractivity contribution in [2.75, 3.05) is 10.2 Å². The first kappa shape index (κ1) is 26.6. The molecule has 0 fully saturated rings. The fourth-order valence-electron chi connectivity index (χ4n) is 4.59. The van der Waals surface area contributed by atoms with Crippen molar-refractivity contribution in [2.24, 2.45) is 5.73 Å². The molecule has 4 N–H and O–H groups in total. The molecule has 1 aliphatic heterocycles. The molecule has 1 aliphatic rings. The Morgan fingerprint density at radius 2 is 1.70 bits per heavy atom. The van der Waals surface area contributed by atoms with Crippen LogP contribution in [0.4, 0.5) is 20.6 Å². The highest BCUT2D eigenvalue weighted by Gasteiger charge is 2.35. The van der Waals surface area contributed by atoms with Crippen molar-refractivity contribution in [3.05, 3.63) is 125 Å². The third-order valence-electron chi connectivity index (χ3n) is 6.56. The molecule has 0 aliphatic carbocycles. The number of carbonyl (C=O) groups is 3. The first-order valence-electron chi connectivity index (χ1n) is 12.7. The molecule has 0 aromatic heterocycles. The highest BCUT2D eigenvalue weighted by molar-refractivity contribution is 6.05. The van der Waals surface area contributed by atoms with Crippen LogP contribution in [0.2, 0.25) is 0 Å². The van der Waals surface area contributed by atoms with Gasteiger partial charge in [0.1, 0.15) is 11.6 Å². The first-order valence-corrected chi connectivity index (χ1v) is 12.7. The number of amides is 3. The zero-order valence-corrected chi connectivity index (χ0v) is 21.5. The molecule has 8 nitrogen and oxygen atoms in total. The lowest BCUT2D eigenvalue weighted by Gasteiger charge is -2.30. The molecule has 0 bridgehead atoms. The lowest BCUT2D eigenvalue weighted by Crippen LogP contribution is -2.37. The monoisotopic (exact) mass is 538 g/mol. The third-order valence-corrected chi connectivity index (χ3v) is 6.56. The number of rotatable bonds is 6. The van der Waals surface area contributed by atoms with Crippen molar-refractivity contribution in [3.8, 4) is 5.75 Å². The summed E-state index contributed by atoms with van der Waals surface area (Å²) >= 11 is 0. The van der Waals surface area contributed by atoms with Crippen molar-refractivity contribution in [2.45, 2.75) is 25.6 Å². The van der Waals surface area contributed by atoms with Gasteiger partial charge >= 0.3 is 6.09 Å². The number of nitrogens with two attached hydrogens (primary N) is 1. The molecule has 4 aromatic carbocycles. The Labute approximate surface area is 230 Å². The fraction of sp³-hybridized carbons (Fsp3) is 0.129. The highest BCUT2D eigenvalue weighted by atomic mass is 19.1. The number of halogens is 1. The van der Waals surface area contributed by atoms with Crippen LogP contribution in [0, 0.1) is 5.82 Å². The summed E-state index contributed by atoms with van der Waals surface area (Å²) in [7, 11) is 0. The molecule has 1 unspecified atom stereocenters. The zero-order valence-electron chi connectivity index (χ0n) is 21.5. The number of fused-ring (bicyclic) bond motifs is 1. The first-order chi connectivity index (χ1) is 19.4. The summed E-state index contributed by atoms with van der Waals surface area (Å²) in [5.74, 6) is -0.842. The predicted octanol–water partition coefficient (Wildman–Crippen LogP) is 5.30. The lowest BCUT2D eigenvalue weighted by molar-refractivity contribution is -0.116. The Morgan fingerprint density at radius 3 is 2.45 bits per heavy atom. The number of anilines is 2. The number of carbonyl (C=O) groups excluding carboxylic acids is 3. The standard InChI is InChI=1S/C31H27FN4O4/c32-24-12-9-22(10-13-24)28-17-29(37)35-26-16-23(30(38)34-19-21-6-4-5-20(15-21)18-33)11-14-27(26)36(28)31(39)40-25-7-2-1-3-8-25/h1-16,28H,17-19,33H2,(H,34,38)(H,35,37). The summed E-state index contributed by atoms with van der Waals surface area (Å²) in [6.45, 7) is 0.687. The highest BCUT2D eigenvalue weighted by Crippen LogP contribution is 2.39. The van der Waals surface area contributed by atoms with E-state index in [0.717, 1.165) is 11.1 Å². The van der Waals surface area contributed by atoms with Crippen LogP contribution in [0.5, 0.6) is 5.75 Å². The second-order valence-electron chi connectivity index (χ2n) is 9.31. The summed E-state index contributed by atoms with van der Waals surface area (Å²) in [6, 6.07) is 25.7. The molecule has 0 spiro atoms. The maximum Gasteiger partial charge on any atom is 0.420 e.